The van der Waals surface area contributed by atoms with Gasteiger partial charge in [0.2, 0.25) is 5.91 Å². The van der Waals surface area contributed by atoms with E-state index in [1.54, 1.807) is 4.68 Å². The fourth-order valence-electron chi connectivity index (χ4n) is 3.11. The van der Waals surface area contributed by atoms with E-state index in [2.05, 4.69) is 16.1 Å². The van der Waals surface area contributed by atoms with Crippen LogP contribution in [0.1, 0.15) is 17.0 Å². The molecule has 128 valence electrons. The minimum atomic E-state index is 0.142. The second-order valence-electron chi connectivity index (χ2n) is 6.37. The van der Waals surface area contributed by atoms with Gasteiger partial charge in [0.15, 0.2) is 0 Å². The van der Waals surface area contributed by atoms with Gasteiger partial charge in [0.1, 0.15) is 6.54 Å². The SMILES string of the molecule is Cc1cc(C)n(CC(=O)N2CCN(Cc3cccc(Cl)c3)CC2)n1. The molecule has 0 spiro atoms. The van der Waals surface area contributed by atoms with Crippen LogP contribution < -0.4 is 0 Å². The maximum absolute atomic E-state index is 12.5. The van der Waals surface area contributed by atoms with Gasteiger partial charge in [-0.1, -0.05) is 23.7 Å². The van der Waals surface area contributed by atoms with Gasteiger partial charge in [-0.2, -0.15) is 5.10 Å². The Labute approximate surface area is 147 Å². The van der Waals surface area contributed by atoms with Crippen LogP contribution in [0.4, 0.5) is 0 Å². The third-order valence-corrected chi connectivity index (χ3v) is 4.64. The smallest absolute Gasteiger partial charge is 0.244 e. The van der Waals surface area contributed by atoms with Crippen LogP contribution in [0.3, 0.4) is 0 Å². The van der Waals surface area contributed by atoms with Crippen LogP contribution in [0, 0.1) is 13.8 Å². The van der Waals surface area contributed by atoms with Gasteiger partial charge in [0, 0.05) is 43.4 Å². The number of aromatic nitrogens is 2. The molecule has 0 atom stereocenters. The lowest BCUT2D eigenvalue weighted by Gasteiger charge is -2.34. The number of rotatable bonds is 4. The highest BCUT2D eigenvalue weighted by Crippen LogP contribution is 2.14. The zero-order valence-corrected chi connectivity index (χ0v) is 15.0. The zero-order valence-electron chi connectivity index (χ0n) is 14.2. The summed E-state index contributed by atoms with van der Waals surface area (Å²) in [7, 11) is 0. The molecule has 1 saturated heterocycles. The summed E-state index contributed by atoms with van der Waals surface area (Å²) in [6, 6.07) is 9.96. The number of aryl methyl sites for hydroxylation is 2. The molecule has 1 amide bonds. The first-order valence-corrected chi connectivity index (χ1v) is 8.65. The van der Waals surface area contributed by atoms with Crippen LogP contribution >= 0.6 is 11.6 Å². The first-order chi connectivity index (χ1) is 11.5. The molecular formula is C18H23ClN4O. The average Bonchev–Trinajstić information content (AvgIpc) is 2.85. The lowest BCUT2D eigenvalue weighted by molar-refractivity contribution is -0.133. The summed E-state index contributed by atoms with van der Waals surface area (Å²) in [5, 5.41) is 5.14. The number of hydrogen-bond acceptors (Lipinski definition) is 3. The van der Waals surface area contributed by atoms with Crippen molar-refractivity contribution in [2.75, 3.05) is 26.2 Å². The second-order valence-corrected chi connectivity index (χ2v) is 6.81. The molecule has 5 nitrogen and oxygen atoms in total. The van der Waals surface area contributed by atoms with Crippen molar-refractivity contribution in [3.05, 3.63) is 52.3 Å². The molecular weight excluding hydrogens is 324 g/mol. The van der Waals surface area contributed by atoms with Gasteiger partial charge >= 0.3 is 0 Å². The Morgan fingerprint density at radius 3 is 2.54 bits per heavy atom. The molecule has 0 radical (unpaired) electrons. The molecule has 2 heterocycles. The van der Waals surface area contributed by atoms with E-state index < -0.39 is 0 Å². The number of benzene rings is 1. The summed E-state index contributed by atoms with van der Waals surface area (Å²) in [6.07, 6.45) is 0. The molecule has 0 aliphatic carbocycles. The van der Waals surface area contributed by atoms with Gasteiger partial charge in [0.25, 0.3) is 0 Å². The van der Waals surface area contributed by atoms with Gasteiger partial charge in [-0.05, 0) is 37.6 Å². The average molecular weight is 347 g/mol. The van der Waals surface area contributed by atoms with Gasteiger partial charge in [-0.3, -0.25) is 14.4 Å². The van der Waals surface area contributed by atoms with E-state index in [0.717, 1.165) is 49.1 Å². The molecule has 1 aliphatic heterocycles. The number of hydrogen-bond donors (Lipinski definition) is 0. The van der Waals surface area contributed by atoms with Crippen molar-refractivity contribution < 1.29 is 4.79 Å². The number of halogens is 1. The molecule has 0 unspecified atom stereocenters. The highest BCUT2D eigenvalue weighted by molar-refractivity contribution is 6.30. The third kappa shape index (κ3) is 4.16. The summed E-state index contributed by atoms with van der Waals surface area (Å²) in [5.41, 5.74) is 3.19. The number of amides is 1. The Balaban J connectivity index is 1.51. The quantitative estimate of drug-likeness (QED) is 0.854. The molecule has 1 aliphatic rings. The Hall–Kier alpha value is -1.85. The Morgan fingerprint density at radius 2 is 1.92 bits per heavy atom. The van der Waals surface area contributed by atoms with Crippen LogP contribution in [0.25, 0.3) is 0 Å². The van der Waals surface area contributed by atoms with E-state index in [4.69, 9.17) is 11.6 Å². The minimum absolute atomic E-state index is 0.142. The number of carbonyl (C=O) groups is 1. The van der Waals surface area contributed by atoms with Crippen LogP contribution in [-0.4, -0.2) is 51.7 Å². The summed E-state index contributed by atoms with van der Waals surface area (Å²) in [6.45, 7) is 8.43. The van der Waals surface area contributed by atoms with Crippen molar-refractivity contribution in [2.24, 2.45) is 0 Å². The van der Waals surface area contributed by atoms with Gasteiger partial charge < -0.3 is 4.90 Å². The van der Waals surface area contributed by atoms with E-state index in [0.29, 0.717) is 6.54 Å². The summed E-state index contributed by atoms with van der Waals surface area (Å²) < 4.78 is 1.79. The van der Waals surface area contributed by atoms with Crippen LogP contribution in [0.2, 0.25) is 5.02 Å². The third-order valence-electron chi connectivity index (χ3n) is 4.41. The van der Waals surface area contributed by atoms with Crippen LogP contribution in [0.5, 0.6) is 0 Å². The molecule has 1 aromatic carbocycles. The van der Waals surface area contributed by atoms with Crippen molar-refractivity contribution in [3.63, 3.8) is 0 Å². The molecule has 0 N–H and O–H groups in total. The van der Waals surface area contributed by atoms with Gasteiger partial charge in [-0.15, -0.1) is 0 Å². The fourth-order valence-corrected chi connectivity index (χ4v) is 3.32. The standard InChI is InChI=1S/C18H23ClN4O/c1-14-10-15(2)23(20-14)13-18(24)22-8-6-21(7-9-22)12-16-4-3-5-17(19)11-16/h3-5,10-11H,6-9,12-13H2,1-2H3. The first kappa shape index (κ1) is 17.0. The number of nitrogens with zero attached hydrogens (tertiary/aromatic N) is 4. The van der Waals surface area contributed by atoms with Crippen molar-refractivity contribution in [1.82, 2.24) is 19.6 Å². The summed E-state index contributed by atoms with van der Waals surface area (Å²) >= 11 is 6.04. The zero-order chi connectivity index (χ0) is 17.1. The lowest BCUT2D eigenvalue weighted by Crippen LogP contribution is -2.49. The Kier molecular flexibility index (Phi) is 5.21. The van der Waals surface area contributed by atoms with Gasteiger partial charge in [0.05, 0.1) is 5.69 Å². The predicted molar refractivity (Wildman–Crippen MR) is 95.0 cm³/mol. The summed E-state index contributed by atoms with van der Waals surface area (Å²) in [4.78, 5) is 16.8. The summed E-state index contributed by atoms with van der Waals surface area (Å²) in [5.74, 6) is 0.142. The Bertz CT molecular complexity index is 720. The van der Waals surface area contributed by atoms with Crippen molar-refractivity contribution in [1.29, 1.82) is 0 Å². The normalized spacial score (nSPS) is 15.7. The fraction of sp³-hybridized carbons (Fsp3) is 0.444. The molecule has 2 aromatic rings. The van der Waals surface area contributed by atoms with Crippen molar-refractivity contribution in [2.45, 2.75) is 26.9 Å². The molecule has 6 heteroatoms. The van der Waals surface area contributed by atoms with E-state index in [-0.39, 0.29) is 5.91 Å². The monoisotopic (exact) mass is 346 g/mol. The number of piperazine rings is 1. The van der Waals surface area contributed by atoms with E-state index in [1.807, 2.05) is 43.0 Å². The van der Waals surface area contributed by atoms with E-state index >= 15 is 0 Å². The predicted octanol–water partition coefficient (Wildman–Crippen LogP) is 2.50. The maximum atomic E-state index is 12.5. The second kappa shape index (κ2) is 7.36. The topological polar surface area (TPSA) is 41.4 Å². The van der Waals surface area contributed by atoms with E-state index in [9.17, 15) is 4.79 Å². The minimum Gasteiger partial charge on any atom is -0.339 e. The van der Waals surface area contributed by atoms with Crippen molar-refractivity contribution in [3.8, 4) is 0 Å². The van der Waals surface area contributed by atoms with Crippen molar-refractivity contribution >= 4 is 17.5 Å². The van der Waals surface area contributed by atoms with E-state index in [1.165, 1.54) is 5.56 Å². The molecule has 1 fully saturated rings. The maximum Gasteiger partial charge on any atom is 0.244 e. The molecule has 1 aromatic heterocycles. The Morgan fingerprint density at radius 1 is 1.17 bits per heavy atom. The first-order valence-electron chi connectivity index (χ1n) is 8.27. The molecule has 3 rings (SSSR count). The largest absolute Gasteiger partial charge is 0.339 e. The highest BCUT2D eigenvalue weighted by Gasteiger charge is 2.21. The van der Waals surface area contributed by atoms with Crippen LogP contribution in [-0.2, 0) is 17.9 Å². The lowest BCUT2D eigenvalue weighted by atomic mass is 10.2. The molecule has 0 bridgehead atoms. The van der Waals surface area contributed by atoms with Crippen LogP contribution in [0.15, 0.2) is 30.3 Å². The highest BCUT2D eigenvalue weighted by atomic mass is 35.5. The number of carbonyl (C=O) groups excluding carboxylic acids is 1. The van der Waals surface area contributed by atoms with Gasteiger partial charge in [-0.25, -0.2) is 0 Å². The molecule has 24 heavy (non-hydrogen) atoms. The molecule has 0 saturated carbocycles.